The third-order valence-corrected chi connectivity index (χ3v) is 6.47. The maximum absolute atomic E-state index is 12.2. The number of aryl methyl sites for hydroxylation is 2. The Bertz CT molecular complexity index is 925. The van der Waals surface area contributed by atoms with Crippen LogP contribution in [0.4, 0.5) is 5.69 Å². The molecule has 0 saturated carbocycles. The van der Waals surface area contributed by atoms with Crippen LogP contribution in [0.15, 0.2) is 35.6 Å². The van der Waals surface area contributed by atoms with E-state index in [2.05, 4.69) is 15.3 Å². The lowest BCUT2D eigenvalue weighted by Gasteiger charge is -2.07. The van der Waals surface area contributed by atoms with E-state index >= 15 is 0 Å². The number of thioether (sulfide) groups is 1. The van der Waals surface area contributed by atoms with Crippen molar-refractivity contribution in [1.29, 1.82) is 0 Å². The van der Waals surface area contributed by atoms with E-state index in [-0.39, 0.29) is 5.91 Å². The number of halogens is 1. The third-order valence-electron chi connectivity index (χ3n) is 3.95. The monoisotopic (exact) mass is 375 g/mol. The minimum atomic E-state index is -0.0910. The number of carbonyl (C=O) groups excluding carboxylic acids is 1. The first-order valence-corrected chi connectivity index (χ1v) is 9.83. The van der Waals surface area contributed by atoms with Crippen molar-refractivity contribution in [1.82, 2.24) is 9.97 Å². The maximum atomic E-state index is 12.2. The number of hydrogen-bond acceptors (Lipinski definition) is 5. The average Bonchev–Trinajstić information content (AvgIpc) is 3.16. The van der Waals surface area contributed by atoms with Gasteiger partial charge in [0, 0.05) is 10.3 Å². The summed E-state index contributed by atoms with van der Waals surface area (Å²) in [6.07, 6.45) is 5.00. The largest absolute Gasteiger partial charge is 0.324 e. The van der Waals surface area contributed by atoms with Crippen molar-refractivity contribution in [2.75, 3.05) is 11.1 Å². The van der Waals surface area contributed by atoms with E-state index in [1.54, 1.807) is 29.8 Å². The number of para-hydroxylation sites is 1. The van der Waals surface area contributed by atoms with Crippen LogP contribution in [0.2, 0.25) is 5.02 Å². The van der Waals surface area contributed by atoms with Gasteiger partial charge in [-0.25, -0.2) is 9.97 Å². The van der Waals surface area contributed by atoms with Crippen LogP contribution in [0.25, 0.3) is 10.2 Å². The molecule has 1 aromatic carbocycles. The molecule has 0 atom stereocenters. The molecule has 122 valence electrons. The van der Waals surface area contributed by atoms with Crippen LogP contribution >= 0.6 is 34.7 Å². The number of benzene rings is 1. The van der Waals surface area contributed by atoms with Crippen LogP contribution < -0.4 is 5.32 Å². The first-order chi connectivity index (χ1) is 11.7. The average molecular weight is 376 g/mol. The summed E-state index contributed by atoms with van der Waals surface area (Å²) in [5.74, 6) is 0.203. The fourth-order valence-electron chi connectivity index (χ4n) is 2.89. The van der Waals surface area contributed by atoms with E-state index in [4.69, 9.17) is 11.6 Å². The quantitative estimate of drug-likeness (QED) is 0.536. The molecular formula is C17H14ClN3OS2. The highest BCUT2D eigenvalue weighted by molar-refractivity contribution is 8.00. The van der Waals surface area contributed by atoms with Crippen molar-refractivity contribution < 1.29 is 4.79 Å². The molecule has 1 aliphatic carbocycles. The highest BCUT2D eigenvalue weighted by Gasteiger charge is 2.21. The van der Waals surface area contributed by atoms with Gasteiger partial charge >= 0.3 is 0 Å². The molecule has 1 N–H and O–H groups in total. The van der Waals surface area contributed by atoms with Gasteiger partial charge in [-0.15, -0.1) is 11.3 Å². The number of nitrogens with zero attached hydrogens (tertiary/aromatic N) is 2. The molecule has 2 aromatic heterocycles. The molecule has 3 aromatic rings. The Hall–Kier alpha value is -1.63. The van der Waals surface area contributed by atoms with E-state index in [1.807, 2.05) is 12.1 Å². The van der Waals surface area contributed by atoms with Crippen LogP contribution in [0.5, 0.6) is 0 Å². The summed E-state index contributed by atoms with van der Waals surface area (Å²) in [6.45, 7) is 0. The van der Waals surface area contributed by atoms with Crippen LogP contribution in [0, 0.1) is 0 Å². The number of anilines is 1. The van der Waals surface area contributed by atoms with Gasteiger partial charge in [-0.1, -0.05) is 35.5 Å². The van der Waals surface area contributed by atoms with Crippen LogP contribution in [0.3, 0.4) is 0 Å². The Balaban J connectivity index is 1.51. The van der Waals surface area contributed by atoms with Crippen LogP contribution in [-0.4, -0.2) is 21.6 Å². The van der Waals surface area contributed by atoms with E-state index in [0.717, 1.165) is 28.1 Å². The zero-order valence-corrected chi connectivity index (χ0v) is 15.1. The minimum Gasteiger partial charge on any atom is -0.324 e. The molecule has 0 spiro atoms. The van der Waals surface area contributed by atoms with Crippen LogP contribution in [-0.2, 0) is 17.6 Å². The van der Waals surface area contributed by atoms with E-state index in [9.17, 15) is 4.79 Å². The van der Waals surface area contributed by atoms with Crippen molar-refractivity contribution in [3.05, 3.63) is 46.1 Å². The maximum Gasteiger partial charge on any atom is 0.234 e. The van der Waals surface area contributed by atoms with Crippen molar-refractivity contribution in [2.24, 2.45) is 0 Å². The molecule has 7 heteroatoms. The van der Waals surface area contributed by atoms with Gasteiger partial charge in [0.2, 0.25) is 5.91 Å². The molecule has 0 fully saturated rings. The molecule has 0 unspecified atom stereocenters. The van der Waals surface area contributed by atoms with E-state index < -0.39 is 0 Å². The number of carbonyl (C=O) groups is 1. The summed E-state index contributed by atoms with van der Waals surface area (Å²) in [7, 11) is 0. The molecule has 4 nitrogen and oxygen atoms in total. The van der Waals surface area contributed by atoms with Crippen molar-refractivity contribution in [3.63, 3.8) is 0 Å². The lowest BCUT2D eigenvalue weighted by atomic mass is 10.2. The highest BCUT2D eigenvalue weighted by Crippen LogP contribution is 2.40. The Morgan fingerprint density at radius 2 is 2.17 bits per heavy atom. The third kappa shape index (κ3) is 3.01. The standard InChI is InChI=1S/C17H14ClN3OS2/c18-11-5-1-2-6-12(11)21-14(22)8-23-16-15-10-4-3-7-13(10)24-17(15)20-9-19-16/h1-2,5-6,9H,3-4,7-8H2,(H,21,22). The minimum absolute atomic E-state index is 0.0910. The second-order valence-corrected chi connectivity index (χ2v) is 7.99. The van der Waals surface area contributed by atoms with Crippen molar-refractivity contribution >= 4 is 56.5 Å². The summed E-state index contributed by atoms with van der Waals surface area (Å²) in [5.41, 5.74) is 2.01. The number of rotatable bonds is 4. The second-order valence-electron chi connectivity index (χ2n) is 5.53. The molecule has 1 aliphatic rings. The van der Waals surface area contributed by atoms with E-state index in [0.29, 0.717) is 16.5 Å². The molecular weight excluding hydrogens is 362 g/mol. The summed E-state index contributed by atoms with van der Waals surface area (Å²) >= 11 is 9.28. The second kappa shape index (κ2) is 6.70. The molecule has 0 bridgehead atoms. The van der Waals surface area contributed by atoms with Gasteiger partial charge in [-0.3, -0.25) is 4.79 Å². The van der Waals surface area contributed by atoms with Gasteiger partial charge in [0.05, 0.1) is 16.5 Å². The van der Waals surface area contributed by atoms with Gasteiger partial charge < -0.3 is 5.32 Å². The fraction of sp³-hybridized carbons (Fsp3) is 0.235. The van der Waals surface area contributed by atoms with Gasteiger partial charge in [0.25, 0.3) is 0 Å². The topological polar surface area (TPSA) is 54.9 Å². The Morgan fingerprint density at radius 3 is 3.04 bits per heavy atom. The smallest absolute Gasteiger partial charge is 0.234 e. The highest BCUT2D eigenvalue weighted by atomic mass is 35.5. The van der Waals surface area contributed by atoms with Crippen molar-refractivity contribution in [2.45, 2.75) is 24.3 Å². The summed E-state index contributed by atoms with van der Waals surface area (Å²) < 4.78 is 0. The van der Waals surface area contributed by atoms with Gasteiger partial charge in [0.1, 0.15) is 16.2 Å². The Kier molecular flexibility index (Phi) is 4.43. The predicted octanol–water partition coefficient (Wildman–Crippen LogP) is 4.56. The Morgan fingerprint density at radius 1 is 1.29 bits per heavy atom. The number of fused-ring (bicyclic) bond motifs is 3. The van der Waals surface area contributed by atoms with Gasteiger partial charge in [0.15, 0.2) is 0 Å². The fourth-order valence-corrected chi connectivity index (χ4v) is 5.19. The van der Waals surface area contributed by atoms with E-state index in [1.165, 1.54) is 28.6 Å². The number of amides is 1. The predicted molar refractivity (Wildman–Crippen MR) is 100 cm³/mol. The molecule has 0 saturated heterocycles. The summed E-state index contributed by atoms with van der Waals surface area (Å²) in [4.78, 5) is 23.5. The van der Waals surface area contributed by atoms with Gasteiger partial charge in [-0.05, 0) is 37.0 Å². The Labute approximate surface area is 152 Å². The first-order valence-electron chi connectivity index (χ1n) is 7.65. The number of hydrogen-bond donors (Lipinski definition) is 1. The molecule has 1 amide bonds. The van der Waals surface area contributed by atoms with Crippen molar-refractivity contribution in [3.8, 4) is 0 Å². The number of aromatic nitrogens is 2. The normalized spacial score (nSPS) is 13.2. The summed E-state index contributed by atoms with van der Waals surface area (Å²) in [6, 6.07) is 7.23. The molecule has 24 heavy (non-hydrogen) atoms. The number of nitrogens with one attached hydrogen (secondary N) is 1. The van der Waals surface area contributed by atoms with Gasteiger partial charge in [-0.2, -0.15) is 0 Å². The zero-order chi connectivity index (χ0) is 16.5. The lowest BCUT2D eigenvalue weighted by Crippen LogP contribution is -2.14. The molecule has 0 aliphatic heterocycles. The lowest BCUT2D eigenvalue weighted by molar-refractivity contribution is -0.113. The summed E-state index contributed by atoms with van der Waals surface area (Å²) in [5, 5.41) is 5.42. The first kappa shape index (κ1) is 15.9. The molecule has 4 rings (SSSR count). The molecule has 0 radical (unpaired) electrons. The zero-order valence-electron chi connectivity index (χ0n) is 12.7. The SMILES string of the molecule is O=C(CSc1ncnc2sc3c(c12)CCC3)Nc1ccccc1Cl. The number of thiophene rings is 1. The van der Waals surface area contributed by atoms with Crippen LogP contribution in [0.1, 0.15) is 16.9 Å². The molecule has 2 heterocycles.